The number of benzene rings is 1. The van der Waals surface area contributed by atoms with Crippen LogP contribution in [0.25, 0.3) is 0 Å². The van der Waals surface area contributed by atoms with Crippen LogP contribution in [-0.2, 0) is 10.8 Å². The van der Waals surface area contributed by atoms with E-state index in [1.54, 1.807) is 0 Å². The number of nitrogens with one attached hydrogen (secondary N) is 1. The van der Waals surface area contributed by atoms with Gasteiger partial charge >= 0.3 is 0 Å². The first-order valence-corrected chi connectivity index (χ1v) is 7.27. The van der Waals surface area contributed by atoms with E-state index in [4.69, 9.17) is 4.74 Å². The van der Waals surface area contributed by atoms with Crippen LogP contribution in [0, 0.1) is 0 Å². The van der Waals surface area contributed by atoms with Crippen LogP contribution in [0.5, 0.6) is 5.75 Å². The second kappa shape index (κ2) is 4.80. The Morgan fingerprint density at radius 3 is 2.55 bits per heavy atom. The fourth-order valence-electron chi connectivity index (χ4n) is 2.57. The second-order valence-electron chi connectivity index (χ2n) is 7.18. The molecule has 1 aromatic carbocycles. The van der Waals surface area contributed by atoms with Gasteiger partial charge in [0.05, 0.1) is 6.61 Å². The van der Waals surface area contributed by atoms with Gasteiger partial charge in [0, 0.05) is 28.7 Å². The lowest BCUT2D eigenvalue weighted by Gasteiger charge is -2.24. The Bertz CT molecular complexity index is 539. The summed E-state index contributed by atoms with van der Waals surface area (Å²) in [5.74, 6) is 0.957. The van der Waals surface area contributed by atoms with Gasteiger partial charge in [-0.1, -0.05) is 34.6 Å². The molecule has 0 saturated carbocycles. The molecule has 0 radical (unpaired) electrons. The largest absolute Gasteiger partial charge is 0.492 e. The van der Waals surface area contributed by atoms with Crippen molar-refractivity contribution in [2.24, 2.45) is 0 Å². The summed E-state index contributed by atoms with van der Waals surface area (Å²) in [6.45, 7) is 14.0. The number of carbonyl (C=O) groups is 1. The summed E-state index contributed by atoms with van der Waals surface area (Å²) >= 11 is 0. The summed E-state index contributed by atoms with van der Waals surface area (Å²) in [5.41, 5.74) is 2.90. The van der Waals surface area contributed by atoms with Crippen LogP contribution in [0.3, 0.4) is 0 Å². The Labute approximate surface area is 121 Å². The zero-order chi connectivity index (χ0) is 15.1. The van der Waals surface area contributed by atoms with Crippen molar-refractivity contribution < 1.29 is 9.53 Å². The zero-order valence-corrected chi connectivity index (χ0v) is 13.4. The van der Waals surface area contributed by atoms with Gasteiger partial charge in [0.1, 0.15) is 5.75 Å². The molecule has 1 aliphatic heterocycles. The van der Waals surface area contributed by atoms with E-state index in [-0.39, 0.29) is 16.7 Å². The SMILES string of the molecule is CCNC(=O)c1cc(C(C)(C)C)c2c(c1)C(C)(C)CO2. The van der Waals surface area contributed by atoms with Crippen molar-refractivity contribution in [3.05, 3.63) is 28.8 Å². The van der Waals surface area contributed by atoms with E-state index in [1.807, 2.05) is 19.1 Å². The normalized spacial score (nSPS) is 16.5. The smallest absolute Gasteiger partial charge is 0.251 e. The molecule has 3 heteroatoms. The van der Waals surface area contributed by atoms with Gasteiger partial charge in [-0.05, 0) is 24.5 Å². The molecule has 2 rings (SSSR count). The highest BCUT2D eigenvalue weighted by atomic mass is 16.5. The third-order valence-corrected chi connectivity index (χ3v) is 3.80. The lowest BCUT2D eigenvalue weighted by molar-refractivity contribution is 0.0955. The van der Waals surface area contributed by atoms with E-state index in [9.17, 15) is 4.79 Å². The number of hydrogen-bond donors (Lipinski definition) is 1. The summed E-state index contributed by atoms with van der Waals surface area (Å²) in [6, 6.07) is 3.97. The van der Waals surface area contributed by atoms with Crippen molar-refractivity contribution in [2.75, 3.05) is 13.2 Å². The Hall–Kier alpha value is -1.51. The molecule has 1 aromatic rings. The Morgan fingerprint density at radius 2 is 2.00 bits per heavy atom. The van der Waals surface area contributed by atoms with Gasteiger partial charge < -0.3 is 10.1 Å². The highest BCUT2D eigenvalue weighted by molar-refractivity contribution is 5.95. The van der Waals surface area contributed by atoms with E-state index < -0.39 is 0 Å². The van der Waals surface area contributed by atoms with E-state index in [0.29, 0.717) is 13.2 Å². The molecule has 0 aromatic heterocycles. The molecule has 0 unspecified atom stereocenters. The first kappa shape index (κ1) is 14.9. The number of rotatable bonds is 2. The Morgan fingerprint density at radius 1 is 1.35 bits per heavy atom. The predicted octanol–water partition coefficient (Wildman–Crippen LogP) is 3.40. The minimum absolute atomic E-state index is 0.0106. The summed E-state index contributed by atoms with van der Waals surface area (Å²) in [7, 11) is 0. The third kappa shape index (κ3) is 2.54. The van der Waals surface area contributed by atoms with Gasteiger partial charge in [-0.3, -0.25) is 4.79 Å². The topological polar surface area (TPSA) is 38.3 Å². The monoisotopic (exact) mass is 275 g/mol. The van der Waals surface area contributed by atoms with Gasteiger partial charge in [-0.2, -0.15) is 0 Å². The molecule has 0 fully saturated rings. The minimum Gasteiger partial charge on any atom is -0.492 e. The standard InChI is InChI=1S/C17H25NO2/c1-7-18-15(19)11-8-12(16(2,3)4)14-13(9-11)17(5,6)10-20-14/h8-9H,7,10H2,1-6H3,(H,18,19). The third-order valence-electron chi connectivity index (χ3n) is 3.80. The van der Waals surface area contributed by atoms with Gasteiger partial charge in [-0.25, -0.2) is 0 Å². The molecule has 110 valence electrons. The summed E-state index contributed by atoms with van der Waals surface area (Å²) in [6.07, 6.45) is 0. The van der Waals surface area contributed by atoms with Gasteiger partial charge in [0.2, 0.25) is 0 Å². The van der Waals surface area contributed by atoms with Crippen LogP contribution in [0.15, 0.2) is 12.1 Å². The van der Waals surface area contributed by atoms with Crippen LogP contribution in [-0.4, -0.2) is 19.1 Å². The molecule has 1 heterocycles. The molecule has 1 aliphatic rings. The Balaban J connectivity index is 2.62. The molecular formula is C17H25NO2. The Kier molecular flexibility index (Phi) is 3.57. The number of hydrogen-bond acceptors (Lipinski definition) is 2. The van der Waals surface area contributed by atoms with Crippen LogP contribution in [0.4, 0.5) is 0 Å². The van der Waals surface area contributed by atoms with E-state index in [0.717, 1.165) is 22.4 Å². The maximum Gasteiger partial charge on any atom is 0.251 e. The van der Waals surface area contributed by atoms with E-state index >= 15 is 0 Å². The lowest BCUT2D eigenvalue weighted by Crippen LogP contribution is -2.25. The summed E-state index contributed by atoms with van der Waals surface area (Å²) < 4.78 is 5.93. The first-order valence-electron chi connectivity index (χ1n) is 7.27. The van der Waals surface area contributed by atoms with Crippen molar-refractivity contribution in [2.45, 2.75) is 52.4 Å². The van der Waals surface area contributed by atoms with Crippen molar-refractivity contribution in [3.8, 4) is 5.75 Å². The lowest BCUT2D eigenvalue weighted by atomic mass is 9.79. The fourth-order valence-corrected chi connectivity index (χ4v) is 2.57. The number of carbonyl (C=O) groups excluding carboxylic acids is 1. The summed E-state index contributed by atoms with van der Waals surface area (Å²) in [5, 5.41) is 2.88. The molecule has 20 heavy (non-hydrogen) atoms. The van der Waals surface area contributed by atoms with Gasteiger partial charge in [0.15, 0.2) is 0 Å². The molecule has 1 amide bonds. The zero-order valence-electron chi connectivity index (χ0n) is 13.4. The van der Waals surface area contributed by atoms with E-state index in [1.165, 1.54) is 0 Å². The number of fused-ring (bicyclic) bond motifs is 1. The van der Waals surface area contributed by atoms with Crippen molar-refractivity contribution in [3.63, 3.8) is 0 Å². The predicted molar refractivity (Wildman–Crippen MR) is 81.7 cm³/mol. The molecule has 0 atom stereocenters. The molecule has 1 N–H and O–H groups in total. The number of ether oxygens (including phenoxy) is 1. The van der Waals surface area contributed by atoms with Crippen molar-refractivity contribution in [1.29, 1.82) is 0 Å². The number of amides is 1. The minimum atomic E-state index is -0.0486. The van der Waals surface area contributed by atoms with Crippen LogP contribution < -0.4 is 10.1 Å². The van der Waals surface area contributed by atoms with E-state index in [2.05, 4.69) is 39.9 Å². The highest BCUT2D eigenvalue weighted by Crippen LogP contribution is 2.45. The van der Waals surface area contributed by atoms with Gasteiger partial charge in [0.25, 0.3) is 5.91 Å². The quantitative estimate of drug-likeness (QED) is 0.898. The first-order chi connectivity index (χ1) is 9.16. The highest BCUT2D eigenvalue weighted by Gasteiger charge is 2.36. The summed E-state index contributed by atoms with van der Waals surface area (Å²) in [4.78, 5) is 12.2. The van der Waals surface area contributed by atoms with Crippen LogP contribution in [0.2, 0.25) is 0 Å². The van der Waals surface area contributed by atoms with Crippen molar-refractivity contribution in [1.82, 2.24) is 5.32 Å². The molecular weight excluding hydrogens is 250 g/mol. The molecule has 0 spiro atoms. The van der Waals surface area contributed by atoms with Crippen molar-refractivity contribution >= 4 is 5.91 Å². The van der Waals surface area contributed by atoms with Crippen LogP contribution >= 0.6 is 0 Å². The average Bonchev–Trinajstić information content (AvgIpc) is 2.63. The molecule has 3 nitrogen and oxygen atoms in total. The molecule has 0 bridgehead atoms. The maximum absolute atomic E-state index is 12.2. The van der Waals surface area contributed by atoms with Crippen LogP contribution in [0.1, 0.15) is 63.0 Å². The maximum atomic E-state index is 12.2. The van der Waals surface area contributed by atoms with Gasteiger partial charge in [-0.15, -0.1) is 0 Å². The second-order valence-corrected chi connectivity index (χ2v) is 7.18. The fraction of sp³-hybridized carbons (Fsp3) is 0.588. The molecule has 0 saturated heterocycles. The average molecular weight is 275 g/mol. The molecule has 0 aliphatic carbocycles.